The van der Waals surface area contributed by atoms with Crippen molar-refractivity contribution in [3.63, 3.8) is 0 Å². The Morgan fingerprint density at radius 1 is 1.26 bits per heavy atom. The van der Waals surface area contributed by atoms with E-state index in [1.165, 1.54) is 0 Å². The summed E-state index contributed by atoms with van der Waals surface area (Å²) in [6.07, 6.45) is -0.926. The van der Waals surface area contributed by atoms with Crippen LogP contribution in [0.1, 0.15) is 34.6 Å². The summed E-state index contributed by atoms with van der Waals surface area (Å²) in [5.41, 5.74) is 3.38. The molecule has 1 fully saturated rings. The van der Waals surface area contributed by atoms with Gasteiger partial charge in [-0.25, -0.2) is 13.5 Å². The molecule has 0 unspecified atom stereocenters. The summed E-state index contributed by atoms with van der Waals surface area (Å²) < 4.78 is 27.7. The van der Waals surface area contributed by atoms with Crippen LogP contribution in [0.3, 0.4) is 0 Å². The molecule has 0 atom stereocenters. The molecule has 5 nitrogen and oxygen atoms in total. The second-order valence-electron chi connectivity index (χ2n) is 6.88. The zero-order chi connectivity index (χ0) is 19.6. The van der Waals surface area contributed by atoms with E-state index >= 15 is 0 Å². The molecule has 2 heterocycles. The Morgan fingerprint density at radius 3 is 2.41 bits per heavy atom. The highest BCUT2D eigenvalue weighted by atomic mass is 79.9. The molecule has 1 aromatic heterocycles. The molecule has 1 saturated heterocycles. The summed E-state index contributed by atoms with van der Waals surface area (Å²) >= 11 is 3.51. The number of benzene rings is 1. The van der Waals surface area contributed by atoms with Crippen LogP contribution in [0.15, 0.2) is 28.7 Å². The SMILES string of the molecule is Cc1nn(-c2ccc(C(=O)NC3CCN(CC(F)F)CC3)cc2)c(C)c1Br. The van der Waals surface area contributed by atoms with Gasteiger partial charge in [0.25, 0.3) is 12.3 Å². The van der Waals surface area contributed by atoms with E-state index in [0.29, 0.717) is 31.5 Å². The number of rotatable bonds is 5. The van der Waals surface area contributed by atoms with E-state index < -0.39 is 6.43 Å². The van der Waals surface area contributed by atoms with Gasteiger partial charge in [0.1, 0.15) is 0 Å². The molecule has 1 N–H and O–H groups in total. The molecule has 2 aromatic rings. The number of carbonyl (C=O) groups is 1. The molecule has 1 aromatic carbocycles. The van der Waals surface area contributed by atoms with Gasteiger partial charge in [0.2, 0.25) is 0 Å². The summed E-state index contributed by atoms with van der Waals surface area (Å²) in [6.45, 7) is 4.89. The monoisotopic (exact) mass is 440 g/mol. The van der Waals surface area contributed by atoms with E-state index in [2.05, 4.69) is 26.3 Å². The Hall–Kier alpha value is -1.80. The number of carbonyl (C=O) groups excluding carboxylic acids is 1. The van der Waals surface area contributed by atoms with Gasteiger partial charge in [-0.05, 0) is 66.9 Å². The van der Waals surface area contributed by atoms with Gasteiger partial charge >= 0.3 is 0 Å². The van der Waals surface area contributed by atoms with Gasteiger partial charge in [-0.3, -0.25) is 9.69 Å². The molecule has 0 radical (unpaired) electrons. The minimum absolute atomic E-state index is 0.0260. The number of aromatic nitrogens is 2. The second kappa shape index (κ2) is 8.48. The lowest BCUT2D eigenvalue weighted by atomic mass is 10.0. The van der Waals surface area contributed by atoms with Crippen LogP contribution < -0.4 is 5.32 Å². The van der Waals surface area contributed by atoms with Crippen LogP contribution in [0.25, 0.3) is 5.69 Å². The zero-order valence-corrected chi connectivity index (χ0v) is 17.0. The molecule has 146 valence electrons. The van der Waals surface area contributed by atoms with Crippen LogP contribution in [0.5, 0.6) is 0 Å². The molecular formula is C19H23BrF2N4O. The van der Waals surface area contributed by atoms with Gasteiger partial charge in [-0.15, -0.1) is 0 Å². The normalized spacial score (nSPS) is 16.1. The van der Waals surface area contributed by atoms with Crippen LogP contribution in [-0.2, 0) is 0 Å². The van der Waals surface area contributed by atoms with Crippen molar-refractivity contribution in [3.05, 3.63) is 45.7 Å². The summed E-state index contributed by atoms with van der Waals surface area (Å²) in [7, 11) is 0. The summed E-state index contributed by atoms with van der Waals surface area (Å²) in [4.78, 5) is 14.2. The first-order chi connectivity index (χ1) is 12.8. The number of nitrogens with zero attached hydrogens (tertiary/aromatic N) is 3. The summed E-state index contributed by atoms with van der Waals surface area (Å²) in [5.74, 6) is -0.136. The van der Waals surface area contributed by atoms with Crippen molar-refractivity contribution >= 4 is 21.8 Å². The summed E-state index contributed by atoms with van der Waals surface area (Å²) in [5, 5.41) is 7.50. The maximum absolute atomic E-state index is 12.5. The van der Waals surface area contributed by atoms with Crippen LogP contribution in [0, 0.1) is 13.8 Å². The lowest BCUT2D eigenvalue weighted by Gasteiger charge is -2.32. The molecule has 0 aliphatic carbocycles. The highest BCUT2D eigenvalue weighted by Crippen LogP contribution is 2.23. The van der Waals surface area contributed by atoms with Gasteiger partial charge in [-0.1, -0.05) is 0 Å². The fraction of sp³-hybridized carbons (Fsp3) is 0.474. The fourth-order valence-corrected chi connectivity index (χ4v) is 3.60. The first kappa shape index (κ1) is 19.9. The number of alkyl halides is 2. The lowest BCUT2D eigenvalue weighted by Crippen LogP contribution is -2.45. The number of amides is 1. The van der Waals surface area contributed by atoms with Crippen LogP contribution in [-0.4, -0.2) is 52.7 Å². The minimum atomic E-state index is -2.31. The first-order valence-electron chi connectivity index (χ1n) is 8.98. The fourth-order valence-electron chi connectivity index (χ4n) is 3.35. The number of aryl methyl sites for hydroxylation is 1. The van der Waals surface area contributed by atoms with Crippen molar-refractivity contribution in [2.24, 2.45) is 0 Å². The maximum Gasteiger partial charge on any atom is 0.251 e. The van der Waals surface area contributed by atoms with Crippen molar-refractivity contribution in [1.29, 1.82) is 0 Å². The quantitative estimate of drug-likeness (QED) is 0.770. The molecule has 1 aliphatic heterocycles. The minimum Gasteiger partial charge on any atom is -0.349 e. The van der Waals surface area contributed by atoms with E-state index in [0.717, 1.165) is 21.5 Å². The third-order valence-electron chi connectivity index (χ3n) is 4.90. The average Bonchev–Trinajstić information content (AvgIpc) is 2.90. The molecule has 27 heavy (non-hydrogen) atoms. The highest BCUT2D eigenvalue weighted by Gasteiger charge is 2.23. The number of nitrogens with one attached hydrogen (secondary N) is 1. The van der Waals surface area contributed by atoms with Crippen LogP contribution >= 0.6 is 15.9 Å². The van der Waals surface area contributed by atoms with Gasteiger partial charge in [0.05, 0.1) is 28.1 Å². The van der Waals surface area contributed by atoms with E-state index in [1.807, 2.05) is 30.7 Å². The van der Waals surface area contributed by atoms with E-state index in [9.17, 15) is 13.6 Å². The topological polar surface area (TPSA) is 50.2 Å². The number of hydrogen-bond donors (Lipinski definition) is 1. The molecule has 1 amide bonds. The largest absolute Gasteiger partial charge is 0.349 e. The van der Waals surface area contributed by atoms with Crippen molar-refractivity contribution in [2.45, 2.75) is 39.2 Å². The Balaban J connectivity index is 1.59. The van der Waals surface area contributed by atoms with Crippen molar-refractivity contribution in [3.8, 4) is 5.69 Å². The van der Waals surface area contributed by atoms with Gasteiger partial charge < -0.3 is 5.32 Å². The Kier molecular flexibility index (Phi) is 6.26. The van der Waals surface area contributed by atoms with Gasteiger partial charge in [-0.2, -0.15) is 5.10 Å². The molecule has 1 aliphatic rings. The molecular weight excluding hydrogens is 418 g/mol. The molecule has 0 spiro atoms. The average molecular weight is 441 g/mol. The second-order valence-corrected chi connectivity index (χ2v) is 7.68. The number of halogens is 3. The zero-order valence-electron chi connectivity index (χ0n) is 15.4. The predicted molar refractivity (Wildman–Crippen MR) is 104 cm³/mol. The van der Waals surface area contributed by atoms with E-state index in [4.69, 9.17) is 0 Å². The third kappa shape index (κ3) is 4.73. The number of hydrogen-bond acceptors (Lipinski definition) is 3. The van der Waals surface area contributed by atoms with Crippen LogP contribution in [0.4, 0.5) is 8.78 Å². The van der Waals surface area contributed by atoms with Gasteiger partial charge in [0.15, 0.2) is 0 Å². The maximum atomic E-state index is 12.5. The molecule has 0 bridgehead atoms. The highest BCUT2D eigenvalue weighted by molar-refractivity contribution is 9.10. The summed E-state index contributed by atoms with van der Waals surface area (Å²) in [6, 6.07) is 7.32. The van der Waals surface area contributed by atoms with Crippen LogP contribution in [0.2, 0.25) is 0 Å². The standard InChI is InChI=1S/C19H23BrF2N4O/c1-12-18(20)13(2)26(24-12)16-5-3-14(4-6-16)19(27)23-15-7-9-25(10-8-15)11-17(21)22/h3-6,15,17H,7-11H2,1-2H3,(H,23,27). The molecule has 0 saturated carbocycles. The molecule has 8 heteroatoms. The van der Waals surface area contributed by atoms with E-state index in [1.54, 1.807) is 17.0 Å². The van der Waals surface area contributed by atoms with E-state index in [-0.39, 0.29) is 18.5 Å². The number of likely N-dealkylation sites (tertiary alicyclic amines) is 1. The predicted octanol–water partition coefficient (Wildman–Crippen LogP) is 3.71. The number of piperidine rings is 1. The van der Waals surface area contributed by atoms with Crippen molar-refractivity contribution in [1.82, 2.24) is 20.0 Å². The Bertz CT molecular complexity index is 799. The Morgan fingerprint density at radius 2 is 1.89 bits per heavy atom. The van der Waals surface area contributed by atoms with Crippen molar-refractivity contribution in [2.75, 3.05) is 19.6 Å². The Labute approximate surface area is 165 Å². The first-order valence-corrected chi connectivity index (χ1v) is 9.78. The molecule has 3 rings (SSSR count). The smallest absolute Gasteiger partial charge is 0.251 e. The third-order valence-corrected chi connectivity index (χ3v) is 6.04. The van der Waals surface area contributed by atoms with Gasteiger partial charge in [0, 0.05) is 24.7 Å². The lowest BCUT2D eigenvalue weighted by molar-refractivity contribution is 0.0696. The van der Waals surface area contributed by atoms with Crippen molar-refractivity contribution < 1.29 is 13.6 Å².